The lowest BCUT2D eigenvalue weighted by Crippen LogP contribution is -2.39. The normalized spacial score (nSPS) is 11.4. The van der Waals surface area contributed by atoms with Crippen molar-refractivity contribution in [3.8, 4) is 11.5 Å². The summed E-state index contributed by atoms with van der Waals surface area (Å²) in [5.41, 5.74) is 5.47. The number of nitrogens with one attached hydrogen (secondary N) is 1. The molecule has 5 aromatic rings. The molecule has 8 nitrogen and oxygen atoms in total. The number of rotatable bonds is 11. The van der Waals surface area contributed by atoms with Gasteiger partial charge in [-0.15, -0.1) is 0 Å². The van der Waals surface area contributed by atoms with Crippen LogP contribution in [-0.4, -0.2) is 34.2 Å². The van der Waals surface area contributed by atoms with Crippen LogP contribution in [0, 0.1) is 6.92 Å². The van der Waals surface area contributed by atoms with Gasteiger partial charge in [0.1, 0.15) is 24.7 Å². The number of anilines is 1. The Kier molecular flexibility index (Phi) is 9.02. The zero-order valence-electron chi connectivity index (χ0n) is 23.8. The molecule has 0 aromatic heterocycles. The molecule has 0 radical (unpaired) electrons. The number of hydrogen-bond donors (Lipinski definition) is 1. The van der Waals surface area contributed by atoms with Gasteiger partial charge in [0.05, 0.1) is 23.9 Å². The Hall–Kier alpha value is -5.15. The monoisotopic (exact) mass is 593 g/mol. The summed E-state index contributed by atoms with van der Waals surface area (Å²) < 4.78 is 39.4. The van der Waals surface area contributed by atoms with Gasteiger partial charge in [-0.25, -0.2) is 13.8 Å². The van der Waals surface area contributed by atoms with Gasteiger partial charge in [0, 0.05) is 6.07 Å². The summed E-state index contributed by atoms with van der Waals surface area (Å²) in [6, 6.07) is 34.6. The zero-order valence-corrected chi connectivity index (χ0v) is 24.6. The van der Waals surface area contributed by atoms with Gasteiger partial charge in [-0.3, -0.25) is 9.10 Å². The minimum absolute atomic E-state index is 0.0694. The molecule has 0 unspecified atom stereocenters. The Morgan fingerprint density at radius 3 is 2.35 bits per heavy atom. The first-order valence-electron chi connectivity index (χ1n) is 13.6. The first-order valence-corrected chi connectivity index (χ1v) is 15.0. The van der Waals surface area contributed by atoms with Crippen LogP contribution in [0.15, 0.2) is 125 Å². The van der Waals surface area contributed by atoms with Crippen LogP contribution in [0.25, 0.3) is 10.8 Å². The molecule has 0 heterocycles. The van der Waals surface area contributed by atoms with Crippen LogP contribution in [0.1, 0.15) is 16.7 Å². The average Bonchev–Trinajstić information content (AvgIpc) is 3.03. The van der Waals surface area contributed by atoms with E-state index in [4.69, 9.17) is 9.47 Å². The third-order valence-electron chi connectivity index (χ3n) is 6.79. The number of amides is 1. The lowest BCUT2D eigenvalue weighted by atomic mass is 10.1. The Morgan fingerprint density at radius 2 is 1.58 bits per heavy atom. The highest BCUT2D eigenvalue weighted by molar-refractivity contribution is 7.92. The van der Waals surface area contributed by atoms with E-state index in [-0.39, 0.29) is 10.6 Å². The van der Waals surface area contributed by atoms with Gasteiger partial charge >= 0.3 is 0 Å². The Morgan fingerprint density at radius 1 is 0.860 bits per heavy atom. The van der Waals surface area contributed by atoms with Gasteiger partial charge in [-0.05, 0) is 77.4 Å². The van der Waals surface area contributed by atoms with Gasteiger partial charge in [0.2, 0.25) is 0 Å². The second-order valence-electron chi connectivity index (χ2n) is 9.82. The number of carbonyl (C=O) groups is 1. The van der Waals surface area contributed by atoms with Crippen LogP contribution in [-0.2, 0) is 21.4 Å². The Bertz CT molecular complexity index is 1850. The van der Waals surface area contributed by atoms with Crippen LogP contribution in [0.4, 0.5) is 5.69 Å². The minimum atomic E-state index is -4.06. The number of hydrogen-bond acceptors (Lipinski definition) is 6. The fourth-order valence-electron chi connectivity index (χ4n) is 4.49. The van der Waals surface area contributed by atoms with E-state index in [9.17, 15) is 13.2 Å². The lowest BCUT2D eigenvalue weighted by molar-refractivity contribution is -0.119. The zero-order chi connectivity index (χ0) is 30.2. The van der Waals surface area contributed by atoms with E-state index < -0.39 is 22.5 Å². The number of fused-ring (bicyclic) bond motifs is 1. The van der Waals surface area contributed by atoms with Crippen LogP contribution in [0.5, 0.6) is 11.5 Å². The number of carbonyl (C=O) groups excluding carboxylic acids is 1. The van der Waals surface area contributed by atoms with Gasteiger partial charge < -0.3 is 9.47 Å². The number of sulfonamides is 1. The van der Waals surface area contributed by atoms with Crippen molar-refractivity contribution < 1.29 is 22.7 Å². The maximum atomic E-state index is 13.6. The van der Waals surface area contributed by atoms with Crippen LogP contribution >= 0.6 is 0 Å². The van der Waals surface area contributed by atoms with Crippen molar-refractivity contribution in [2.45, 2.75) is 18.4 Å². The molecule has 0 spiro atoms. The van der Waals surface area contributed by atoms with Crippen molar-refractivity contribution in [3.05, 3.63) is 132 Å². The molecule has 0 saturated heterocycles. The summed E-state index contributed by atoms with van der Waals surface area (Å²) in [6.07, 6.45) is 1.48. The molecule has 43 heavy (non-hydrogen) atoms. The second-order valence-corrected chi connectivity index (χ2v) is 11.7. The highest BCUT2D eigenvalue weighted by Crippen LogP contribution is 2.27. The third kappa shape index (κ3) is 7.20. The smallest absolute Gasteiger partial charge is 0.264 e. The summed E-state index contributed by atoms with van der Waals surface area (Å²) in [5, 5.41) is 6.35. The first kappa shape index (κ1) is 29.3. The summed E-state index contributed by atoms with van der Waals surface area (Å²) in [7, 11) is -2.57. The van der Waals surface area contributed by atoms with E-state index in [1.807, 2.05) is 55.5 Å². The quantitative estimate of drug-likeness (QED) is 0.148. The molecule has 0 bridgehead atoms. The fourth-order valence-corrected chi connectivity index (χ4v) is 5.91. The molecule has 0 fully saturated rings. The standard InChI is InChI=1S/C34H31N3O5S/c1-25-13-19-32(20-14-25)43(39,40)37(29-10-6-11-31(21-29)41-2)23-34(38)36-35-22-26-15-17-30(18-16-26)42-24-28-9-5-8-27-7-3-4-12-33(27)28/h3-22H,23-24H2,1-2H3,(H,36,38)/b35-22-. The van der Waals surface area contributed by atoms with Gasteiger partial charge in [-0.1, -0.05) is 66.2 Å². The van der Waals surface area contributed by atoms with E-state index in [0.717, 1.165) is 31.8 Å². The maximum Gasteiger partial charge on any atom is 0.264 e. The summed E-state index contributed by atoms with van der Waals surface area (Å²) in [4.78, 5) is 13.0. The molecule has 218 valence electrons. The molecule has 1 N–H and O–H groups in total. The van der Waals surface area contributed by atoms with Crippen molar-refractivity contribution in [2.24, 2.45) is 5.10 Å². The largest absolute Gasteiger partial charge is 0.497 e. The number of methoxy groups -OCH3 is 1. The van der Waals surface area contributed by atoms with E-state index in [1.54, 1.807) is 36.4 Å². The molecule has 0 aliphatic carbocycles. The average molecular weight is 594 g/mol. The molecule has 5 rings (SSSR count). The van der Waals surface area contributed by atoms with E-state index in [0.29, 0.717) is 18.1 Å². The van der Waals surface area contributed by atoms with Crippen molar-refractivity contribution >= 4 is 38.6 Å². The molecule has 0 atom stereocenters. The molecule has 0 aliphatic rings. The predicted molar refractivity (Wildman–Crippen MR) is 169 cm³/mol. The molecular weight excluding hydrogens is 562 g/mol. The lowest BCUT2D eigenvalue weighted by Gasteiger charge is -2.24. The topological polar surface area (TPSA) is 97.3 Å². The minimum Gasteiger partial charge on any atom is -0.497 e. The molecule has 5 aromatic carbocycles. The van der Waals surface area contributed by atoms with Gasteiger partial charge in [0.25, 0.3) is 15.9 Å². The number of ether oxygens (including phenoxy) is 2. The second kappa shape index (κ2) is 13.2. The van der Waals surface area contributed by atoms with E-state index >= 15 is 0 Å². The van der Waals surface area contributed by atoms with E-state index in [1.165, 1.54) is 25.5 Å². The van der Waals surface area contributed by atoms with Crippen molar-refractivity contribution in [1.82, 2.24) is 5.43 Å². The number of benzene rings is 5. The highest BCUT2D eigenvalue weighted by atomic mass is 32.2. The first-order chi connectivity index (χ1) is 20.8. The van der Waals surface area contributed by atoms with Crippen molar-refractivity contribution in [3.63, 3.8) is 0 Å². The fraction of sp³-hybridized carbons (Fsp3) is 0.118. The number of nitrogens with zero attached hydrogens (tertiary/aromatic N) is 2. The maximum absolute atomic E-state index is 13.6. The van der Waals surface area contributed by atoms with Crippen LogP contribution in [0.3, 0.4) is 0 Å². The molecule has 0 aliphatic heterocycles. The summed E-state index contributed by atoms with van der Waals surface area (Å²) in [5.74, 6) is 0.554. The third-order valence-corrected chi connectivity index (χ3v) is 8.58. The van der Waals surface area contributed by atoms with Crippen LogP contribution in [0.2, 0.25) is 0 Å². The molecular formula is C34H31N3O5S. The highest BCUT2D eigenvalue weighted by Gasteiger charge is 2.27. The predicted octanol–water partition coefficient (Wildman–Crippen LogP) is 6.08. The van der Waals surface area contributed by atoms with Crippen LogP contribution < -0.4 is 19.2 Å². The summed E-state index contributed by atoms with van der Waals surface area (Å²) in [6.45, 7) is 1.82. The van der Waals surface area contributed by atoms with Crippen molar-refractivity contribution in [2.75, 3.05) is 18.0 Å². The molecule has 1 amide bonds. The van der Waals surface area contributed by atoms with Crippen molar-refractivity contribution in [1.29, 1.82) is 0 Å². The summed E-state index contributed by atoms with van der Waals surface area (Å²) >= 11 is 0. The number of hydrazone groups is 1. The van der Waals surface area contributed by atoms with Gasteiger partial charge in [-0.2, -0.15) is 5.10 Å². The van der Waals surface area contributed by atoms with E-state index in [2.05, 4.69) is 28.7 Å². The Balaban J connectivity index is 1.23. The molecule has 0 saturated carbocycles. The Labute approximate surface area is 251 Å². The molecule has 9 heteroatoms. The van der Waals surface area contributed by atoms with Gasteiger partial charge in [0.15, 0.2) is 0 Å². The SMILES string of the molecule is COc1cccc(N(CC(=O)N/N=C\c2ccc(OCc3cccc4ccccc34)cc2)S(=O)(=O)c2ccc(C)cc2)c1. The number of aryl methyl sites for hydroxylation is 1.